The van der Waals surface area contributed by atoms with E-state index in [1.54, 1.807) is 12.1 Å². The standard InChI is InChI=1S/C16H13FN2OS/c1-11-15(21-14-5-3-2-4-6-14)16(20)19(18-11)13-9-7-12(17)8-10-13/h2-10,18H,1H3. The summed E-state index contributed by atoms with van der Waals surface area (Å²) in [7, 11) is 0. The molecule has 1 heterocycles. The molecule has 21 heavy (non-hydrogen) atoms. The van der Waals surface area contributed by atoms with Gasteiger partial charge in [-0.3, -0.25) is 9.89 Å². The average molecular weight is 300 g/mol. The Bertz CT molecular complexity index is 807. The van der Waals surface area contributed by atoms with E-state index < -0.39 is 0 Å². The van der Waals surface area contributed by atoms with Gasteiger partial charge in [0, 0.05) is 10.6 Å². The van der Waals surface area contributed by atoms with E-state index in [0.717, 1.165) is 10.6 Å². The van der Waals surface area contributed by atoms with Gasteiger partial charge in [-0.1, -0.05) is 30.0 Å². The largest absolute Gasteiger partial charge is 0.294 e. The van der Waals surface area contributed by atoms with E-state index >= 15 is 0 Å². The smallest absolute Gasteiger partial charge is 0.285 e. The van der Waals surface area contributed by atoms with Crippen LogP contribution in [-0.2, 0) is 0 Å². The molecule has 3 nitrogen and oxygen atoms in total. The molecular formula is C16H13FN2OS. The summed E-state index contributed by atoms with van der Waals surface area (Å²) in [5, 5.41) is 3.03. The molecule has 3 aromatic rings. The highest BCUT2D eigenvalue weighted by atomic mass is 32.2. The fraction of sp³-hybridized carbons (Fsp3) is 0.0625. The molecule has 5 heteroatoms. The molecule has 2 aromatic carbocycles. The van der Waals surface area contributed by atoms with Crippen molar-refractivity contribution < 1.29 is 4.39 Å². The Morgan fingerprint density at radius 3 is 2.38 bits per heavy atom. The van der Waals surface area contributed by atoms with E-state index in [-0.39, 0.29) is 11.4 Å². The van der Waals surface area contributed by atoms with Crippen LogP contribution in [0.3, 0.4) is 0 Å². The van der Waals surface area contributed by atoms with Crippen LogP contribution in [-0.4, -0.2) is 9.78 Å². The number of rotatable bonds is 3. The first-order valence-electron chi connectivity index (χ1n) is 6.45. The highest BCUT2D eigenvalue weighted by molar-refractivity contribution is 7.99. The number of hydrogen-bond acceptors (Lipinski definition) is 2. The van der Waals surface area contributed by atoms with Gasteiger partial charge in [0.1, 0.15) is 5.82 Å². The third-order valence-corrected chi connectivity index (χ3v) is 4.26. The predicted octanol–water partition coefficient (Wildman–Crippen LogP) is 3.76. The maximum absolute atomic E-state index is 13.0. The molecular weight excluding hydrogens is 287 g/mol. The van der Waals surface area contributed by atoms with Gasteiger partial charge in [0.05, 0.1) is 10.6 Å². The van der Waals surface area contributed by atoms with Crippen LogP contribution in [0, 0.1) is 12.7 Å². The Hall–Kier alpha value is -2.27. The van der Waals surface area contributed by atoms with Gasteiger partial charge in [-0.2, -0.15) is 0 Å². The van der Waals surface area contributed by atoms with Crippen LogP contribution in [0.1, 0.15) is 5.69 Å². The van der Waals surface area contributed by atoms with Crippen molar-refractivity contribution in [3.8, 4) is 5.69 Å². The van der Waals surface area contributed by atoms with E-state index in [0.29, 0.717) is 10.6 Å². The molecule has 0 spiro atoms. The van der Waals surface area contributed by atoms with E-state index in [1.807, 2.05) is 37.3 Å². The maximum atomic E-state index is 13.0. The number of H-pyrrole nitrogens is 1. The maximum Gasteiger partial charge on any atom is 0.285 e. The van der Waals surface area contributed by atoms with Crippen molar-refractivity contribution >= 4 is 11.8 Å². The SMILES string of the molecule is Cc1[nH]n(-c2ccc(F)cc2)c(=O)c1Sc1ccccc1. The Labute approximate surface area is 125 Å². The summed E-state index contributed by atoms with van der Waals surface area (Å²) in [5.41, 5.74) is 1.27. The van der Waals surface area contributed by atoms with Crippen LogP contribution in [0.15, 0.2) is 69.2 Å². The number of nitrogens with one attached hydrogen (secondary N) is 1. The van der Waals surface area contributed by atoms with Crippen LogP contribution in [0.25, 0.3) is 5.69 Å². The summed E-state index contributed by atoms with van der Waals surface area (Å²) in [4.78, 5) is 14.1. The van der Waals surface area contributed by atoms with Crippen LogP contribution >= 0.6 is 11.8 Å². The molecule has 0 aliphatic rings. The predicted molar refractivity (Wildman–Crippen MR) is 81.6 cm³/mol. The molecule has 0 saturated carbocycles. The van der Waals surface area contributed by atoms with E-state index in [4.69, 9.17) is 0 Å². The molecule has 106 valence electrons. The number of aromatic amines is 1. The van der Waals surface area contributed by atoms with Crippen molar-refractivity contribution in [2.45, 2.75) is 16.7 Å². The Morgan fingerprint density at radius 2 is 1.71 bits per heavy atom. The lowest BCUT2D eigenvalue weighted by Gasteiger charge is -2.00. The summed E-state index contributed by atoms with van der Waals surface area (Å²) < 4.78 is 14.4. The minimum atomic E-state index is -0.325. The minimum Gasteiger partial charge on any atom is -0.294 e. The molecule has 3 rings (SSSR count). The first-order valence-corrected chi connectivity index (χ1v) is 7.27. The van der Waals surface area contributed by atoms with Gasteiger partial charge in [0.25, 0.3) is 5.56 Å². The van der Waals surface area contributed by atoms with Crippen molar-refractivity contribution in [3.05, 3.63) is 76.5 Å². The summed E-state index contributed by atoms with van der Waals surface area (Å²) in [6.45, 7) is 1.85. The summed E-state index contributed by atoms with van der Waals surface area (Å²) >= 11 is 1.42. The third-order valence-electron chi connectivity index (χ3n) is 3.07. The van der Waals surface area contributed by atoms with Crippen molar-refractivity contribution in [1.82, 2.24) is 9.78 Å². The highest BCUT2D eigenvalue weighted by Gasteiger charge is 2.13. The third kappa shape index (κ3) is 2.78. The summed E-state index contributed by atoms with van der Waals surface area (Å²) in [5.74, 6) is -0.325. The minimum absolute atomic E-state index is 0.132. The molecule has 1 N–H and O–H groups in total. The molecule has 1 aromatic heterocycles. The van der Waals surface area contributed by atoms with Crippen molar-refractivity contribution in [1.29, 1.82) is 0 Å². The van der Waals surface area contributed by atoms with Crippen LogP contribution in [0.2, 0.25) is 0 Å². The zero-order valence-corrected chi connectivity index (χ0v) is 12.2. The average Bonchev–Trinajstić information content (AvgIpc) is 2.77. The highest BCUT2D eigenvalue weighted by Crippen LogP contribution is 2.27. The Kier molecular flexibility index (Phi) is 3.66. The van der Waals surface area contributed by atoms with Crippen LogP contribution in [0.5, 0.6) is 0 Å². The monoisotopic (exact) mass is 300 g/mol. The second kappa shape index (κ2) is 5.61. The fourth-order valence-corrected chi connectivity index (χ4v) is 2.94. The number of benzene rings is 2. The quantitative estimate of drug-likeness (QED) is 0.799. The lowest BCUT2D eigenvalue weighted by Crippen LogP contribution is -2.15. The Morgan fingerprint density at radius 1 is 1.05 bits per heavy atom. The molecule has 0 radical (unpaired) electrons. The molecule has 0 aliphatic carbocycles. The molecule has 0 unspecified atom stereocenters. The number of halogens is 1. The topological polar surface area (TPSA) is 37.8 Å². The second-order valence-electron chi connectivity index (χ2n) is 4.60. The van der Waals surface area contributed by atoms with Crippen molar-refractivity contribution in [2.75, 3.05) is 0 Å². The van der Waals surface area contributed by atoms with Gasteiger partial charge < -0.3 is 0 Å². The molecule has 0 saturated heterocycles. The second-order valence-corrected chi connectivity index (χ2v) is 5.68. The summed E-state index contributed by atoms with van der Waals surface area (Å²) in [6, 6.07) is 15.5. The molecule has 0 atom stereocenters. The van der Waals surface area contributed by atoms with E-state index in [9.17, 15) is 9.18 Å². The van der Waals surface area contributed by atoms with Crippen molar-refractivity contribution in [2.24, 2.45) is 0 Å². The van der Waals surface area contributed by atoms with Crippen molar-refractivity contribution in [3.63, 3.8) is 0 Å². The Balaban J connectivity index is 2.01. The lowest BCUT2D eigenvalue weighted by atomic mass is 10.3. The molecule has 0 bridgehead atoms. The molecule has 0 amide bonds. The van der Waals surface area contributed by atoms with Gasteiger partial charge >= 0.3 is 0 Å². The lowest BCUT2D eigenvalue weighted by molar-refractivity contribution is 0.627. The summed E-state index contributed by atoms with van der Waals surface area (Å²) in [6.07, 6.45) is 0. The van der Waals surface area contributed by atoms with Crippen LogP contribution < -0.4 is 5.56 Å². The van der Waals surface area contributed by atoms with Gasteiger partial charge in [0.15, 0.2) is 0 Å². The van der Waals surface area contributed by atoms with Gasteiger partial charge in [-0.15, -0.1) is 0 Å². The zero-order chi connectivity index (χ0) is 14.8. The number of aromatic nitrogens is 2. The first-order chi connectivity index (χ1) is 10.1. The zero-order valence-electron chi connectivity index (χ0n) is 11.3. The first kappa shape index (κ1) is 13.7. The van der Waals surface area contributed by atoms with Gasteiger partial charge in [0.2, 0.25) is 0 Å². The normalized spacial score (nSPS) is 10.8. The van der Waals surface area contributed by atoms with Gasteiger partial charge in [-0.05, 0) is 43.3 Å². The number of aryl methyl sites for hydroxylation is 1. The van der Waals surface area contributed by atoms with E-state index in [1.165, 1.54) is 28.6 Å². The molecule has 0 aliphatic heterocycles. The number of hydrogen-bond donors (Lipinski definition) is 1. The van der Waals surface area contributed by atoms with Gasteiger partial charge in [-0.25, -0.2) is 9.07 Å². The number of nitrogens with zero attached hydrogens (tertiary/aromatic N) is 1. The van der Waals surface area contributed by atoms with Crippen LogP contribution in [0.4, 0.5) is 4.39 Å². The fourth-order valence-electron chi connectivity index (χ4n) is 2.03. The van der Waals surface area contributed by atoms with E-state index in [2.05, 4.69) is 5.10 Å². The molecule has 0 fully saturated rings.